The third kappa shape index (κ3) is 3.34. The van der Waals surface area contributed by atoms with Crippen LogP contribution in [0, 0.1) is 0 Å². The van der Waals surface area contributed by atoms with Gasteiger partial charge in [0.25, 0.3) is 0 Å². The molecule has 1 aromatic rings. The molecule has 1 N–H and O–H groups in total. The summed E-state index contributed by atoms with van der Waals surface area (Å²) in [5, 5.41) is 8.80. The van der Waals surface area contributed by atoms with Crippen LogP contribution < -0.4 is 0 Å². The Kier molecular flexibility index (Phi) is 4.65. The fraction of sp³-hybridized carbons (Fsp3) is 0.500. The van der Waals surface area contributed by atoms with Crippen molar-refractivity contribution in [1.82, 2.24) is 9.97 Å². The summed E-state index contributed by atoms with van der Waals surface area (Å²) in [5.41, 5.74) is 0.643. The molecule has 0 bridgehead atoms. The van der Waals surface area contributed by atoms with Crippen molar-refractivity contribution in [3.05, 3.63) is 29.3 Å². The maximum atomic E-state index is 10.8. The molecule has 1 aliphatic rings. The lowest BCUT2D eigenvalue weighted by Gasteiger charge is -2.32. The molecule has 0 aromatic carbocycles. The number of carboxylic acids is 1. The summed E-state index contributed by atoms with van der Waals surface area (Å²) in [7, 11) is -0.498. The van der Waals surface area contributed by atoms with Crippen LogP contribution in [0.2, 0.25) is 0 Å². The molecule has 0 radical (unpaired) electrons. The van der Waals surface area contributed by atoms with E-state index in [0.717, 1.165) is 5.47 Å². The molecule has 0 amide bonds. The molecule has 0 aliphatic carbocycles. The van der Waals surface area contributed by atoms with Crippen molar-refractivity contribution in [3.8, 4) is 0 Å². The van der Waals surface area contributed by atoms with E-state index in [4.69, 9.17) is 14.4 Å². The quantitative estimate of drug-likeness (QED) is 0.653. The summed E-state index contributed by atoms with van der Waals surface area (Å²) in [5.74, 6) is -0.951. The average molecular weight is 322 g/mol. The van der Waals surface area contributed by atoms with Crippen LogP contribution in [-0.4, -0.2) is 45.1 Å². The van der Waals surface area contributed by atoms with Gasteiger partial charge in [-0.15, -0.1) is 0 Å². The third-order valence-corrected chi connectivity index (χ3v) is 4.32. The van der Waals surface area contributed by atoms with E-state index in [1.807, 2.05) is 27.7 Å². The summed E-state index contributed by atoms with van der Waals surface area (Å²) in [6.45, 7) is 7.92. The maximum Gasteiger partial charge on any atom is 0.491 e. The number of thiol groups is 1. The number of carboxylic acid groups (broad SMARTS) is 1. The predicted octanol–water partition coefficient (Wildman–Crippen LogP) is 2.12. The van der Waals surface area contributed by atoms with Crippen molar-refractivity contribution in [2.45, 2.75) is 38.9 Å². The number of nitrogens with zero attached hydrogens (tertiary/aromatic N) is 2. The molecule has 1 saturated heterocycles. The molecule has 118 valence electrons. The first-order valence-electron chi connectivity index (χ1n) is 6.88. The monoisotopic (exact) mass is 322 g/mol. The highest BCUT2D eigenvalue weighted by molar-refractivity contribution is 7.80. The van der Waals surface area contributed by atoms with Gasteiger partial charge in [-0.3, -0.25) is 0 Å². The van der Waals surface area contributed by atoms with Crippen molar-refractivity contribution >= 4 is 31.8 Å². The number of aromatic nitrogens is 2. The summed E-state index contributed by atoms with van der Waals surface area (Å²) in [6.07, 6.45) is 4.71. The zero-order valence-corrected chi connectivity index (χ0v) is 13.9. The van der Waals surface area contributed by atoms with E-state index in [-0.39, 0.29) is 5.82 Å². The number of carbonyl (C=O) groups is 1. The van der Waals surface area contributed by atoms with Crippen molar-refractivity contribution in [3.63, 3.8) is 0 Å². The Balaban J connectivity index is 2.23. The van der Waals surface area contributed by atoms with Crippen molar-refractivity contribution in [1.29, 1.82) is 0 Å². The van der Waals surface area contributed by atoms with Gasteiger partial charge in [0.15, 0.2) is 0 Å². The molecule has 0 spiro atoms. The molecule has 0 atom stereocenters. The second-order valence-electron chi connectivity index (χ2n) is 6.11. The number of rotatable bonds is 4. The van der Waals surface area contributed by atoms with Crippen molar-refractivity contribution in [2.75, 3.05) is 5.75 Å². The number of hydrogen-bond acceptors (Lipinski definition) is 6. The second kappa shape index (κ2) is 6.02. The molecule has 0 unspecified atom stereocenters. The maximum absolute atomic E-state index is 10.8. The molecular weight excluding hydrogens is 303 g/mol. The molecule has 0 saturated carbocycles. The third-order valence-electron chi connectivity index (χ3n) is 3.95. The highest BCUT2D eigenvalue weighted by Gasteiger charge is 2.52. The van der Waals surface area contributed by atoms with Gasteiger partial charge in [0.05, 0.1) is 11.2 Å². The molecule has 1 aliphatic heterocycles. The molecule has 8 heteroatoms. The topological polar surface area (TPSA) is 81.5 Å². The Morgan fingerprint density at radius 1 is 1.27 bits per heavy atom. The molecule has 2 rings (SSSR count). The fourth-order valence-electron chi connectivity index (χ4n) is 1.92. The lowest BCUT2D eigenvalue weighted by Crippen LogP contribution is -2.41. The SMILES string of the molecule is CC1(C)OB(C(=Cc2cnc(C(=O)O)nc2)CS)OC1(C)C. The van der Waals surface area contributed by atoms with Gasteiger partial charge in [-0.05, 0) is 33.2 Å². The van der Waals surface area contributed by atoms with Crippen LogP contribution in [0.25, 0.3) is 6.08 Å². The second-order valence-corrected chi connectivity index (χ2v) is 6.43. The minimum Gasteiger partial charge on any atom is -0.475 e. The normalized spacial score (nSPS) is 20.2. The minimum absolute atomic E-state index is 0.236. The number of hydrogen-bond donors (Lipinski definition) is 2. The Bertz CT molecular complexity index is 585. The first kappa shape index (κ1) is 17.0. The lowest BCUT2D eigenvalue weighted by molar-refractivity contribution is 0.00578. The van der Waals surface area contributed by atoms with Gasteiger partial charge < -0.3 is 14.4 Å². The van der Waals surface area contributed by atoms with Gasteiger partial charge in [-0.2, -0.15) is 12.6 Å². The summed E-state index contributed by atoms with van der Waals surface area (Å²) in [6, 6.07) is 0. The minimum atomic E-state index is -1.16. The van der Waals surface area contributed by atoms with Crippen molar-refractivity contribution < 1.29 is 19.2 Å². The predicted molar refractivity (Wildman–Crippen MR) is 86.9 cm³/mol. The van der Waals surface area contributed by atoms with E-state index < -0.39 is 24.3 Å². The first-order chi connectivity index (χ1) is 10.2. The van der Waals surface area contributed by atoms with Gasteiger partial charge in [-0.1, -0.05) is 6.08 Å². The van der Waals surface area contributed by atoms with E-state index in [1.54, 1.807) is 6.08 Å². The Morgan fingerprint density at radius 2 is 1.77 bits per heavy atom. The van der Waals surface area contributed by atoms with Crippen LogP contribution >= 0.6 is 12.6 Å². The molecule has 1 aromatic heterocycles. The van der Waals surface area contributed by atoms with E-state index in [1.165, 1.54) is 12.4 Å². The van der Waals surface area contributed by atoms with Gasteiger partial charge in [-0.25, -0.2) is 14.8 Å². The van der Waals surface area contributed by atoms with Gasteiger partial charge in [0.1, 0.15) is 0 Å². The Hall–Kier alpha value is -1.38. The van der Waals surface area contributed by atoms with Crippen LogP contribution in [0.4, 0.5) is 0 Å². The Morgan fingerprint density at radius 3 is 2.18 bits per heavy atom. The summed E-state index contributed by atoms with van der Waals surface area (Å²) in [4.78, 5) is 18.3. The largest absolute Gasteiger partial charge is 0.491 e. The highest BCUT2D eigenvalue weighted by atomic mass is 32.1. The van der Waals surface area contributed by atoms with Gasteiger partial charge >= 0.3 is 13.1 Å². The van der Waals surface area contributed by atoms with Crippen LogP contribution in [0.1, 0.15) is 43.9 Å². The molecular formula is C14H19BN2O4S. The fourth-order valence-corrected chi connectivity index (χ4v) is 2.16. The highest BCUT2D eigenvalue weighted by Crippen LogP contribution is 2.38. The van der Waals surface area contributed by atoms with E-state index in [9.17, 15) is 4.79 Å². The smallest absolute Gasteiger partial charge is 0.475 e. The first-order valence-corrected chi connectivity index (χ1v) is 7.52. The summed E-state index contributed by atoms with van der Waals surface area (Å²) >= 11 is 4.32. The molecule has 6 nitrogen and oxygen atoms in total. The van der Waals surface area contributed by atoms with E-state index in [2.05, 4.69) is 22.6 Å². The van der Waals surface area contributed by atoms with Crippen molar-refractivity contribution in [2.24, 2.45) is 0 Å². The van der Waals surface area contributed by atoms with Gasteiger partial charge in [0.2, 0.25) is 5.82 Å². The molecule has 1 fully saturated rings. The lowest BCUT2D eigenvalue weighted by atomic mass is 9.78. The standard InChI is InChI=1S/C14H19BN2O4S/c1-13(2)14(3,4)21-15(20-13)10(8-22)5-9-6-16-11(12(18)19)17-7-9/h5-7,22H,8H2,1-4H3,(H,18,19). The van der Waals surface area contributed by atoms with E-state index >= 15 is 0 Å². The number of aromatic carboxylic acids is 1. The van der Waals surface area contributed by atoms with Crippen LogP contribution in [0.5, 0.6) is 0 Å². The van der Waals surface area contributed by atoms with Gasteiger partial charge in [0, 0.05) is 23.7 Å². The Labute approximate surface area is 135 Å². The molecule has 22 heavy (non-hydrogen) atoms. The summed E-state index contributed by atoms with van der Waals surface area (Å²) < 4.78 is 12.0. The molecule has 2 heterocycles. The van der Waals surface area contributed by atoms with E-state index in [0.29, 0.717) is 11.3 Å². The van der Waals surface area contributed by atoms with Crippen LogP contribution in [0.15, 0.2) is 17.9 Å². The zero-order valence-electron chi connectivity index (χ0n) is 13.0. The van der Waals surface area contributed by atoms with Crippen LogP contribution in [-0.2, 0) is 9.31 Å². The average Bonchev–Trinajstić information content (AvgIpc) is 2.65. The van der Waals surface area contributed by atoms with Crippen LogP contribution in [0.3, 0.4) is 0 Å². The zero-order chi connectivity index (χ0) is 16.5.